The van der Waals surface area contributed by atoms with Crippen molar-refractivity contribution in [3.63, 3.8) is 0 Å². The summed E-state index contributed by atoms with van der Waals surface area (Å²) in [6.07, 6.45) is 4.83. The van der Waals surface area contributed by atoms with E-state index in [1.54, 1.807) is 11.8 Å². The Morgan fingerprint density at radius 3 is 2.64 bits per heavy atom. The molecule has 33 heavy (non-hydrogen) atoms. The first kappa shape index (κ1) is 21.6. The third-order valence-corrected chi connectivity index (χ3v) is 7.13. The Kier molecular flexibility index (Phi) is 5.60. The van der Waals surface area contributed by atoms with Gasteiger partial charge in [0.15, 0.2) is 11.3 Å². The van der Waals surface area contributed by atoms with E-state index in [9.17, 15) is 9.59 Å². The molecule has 1 atom stereocenters. The molecule has 1 aliphatic carbocycles. The van der Waals surface area contributed by atoms with Gasteiger partial charge in [-0.25, -0.2) is 0 Å². The van der Waals surface area contributed by atoms with E-state index in [1.807, 2.05) is 36.4 Å². The zero-order chi connectivity index (χ0) is 23.0. The van der Waals surface area contributed by atoms with Crippen molar-refractivity contribution >= 4 is 22.8 Å². The number of carbonyl (C=O) groups is 2. The summed E-state index contributed by atoms with van der Waals surface area (Å²) in [4.78, 5) is 29.1. The predicted octanol–water partition coefficient (Wildman–Crippen LogP) is 4.64. The molecule has 172 valence electrons. The fourth-order valence-electron chi connectivity index (χ4n) is 5.01. The third-order valence-electron chi connectivity index (χ3n) is 7.13. The molecule has 1 fully saturated rings. The Balaban J connectivity index is 1.51. The SMILES string of the molecule is Cc1ccccc1CCN1C(=O)c2oc3ccccc3c2OCC1(C)C(=O)NC1CCCC1. The number of nitrogens with one attached hydrogen (secondary N) is 1. The Labute approximate surface area is 193 Å². The summed E-state index contributed by atoms with van der Waals surface area (Å²) >= 11 is 0. The fourth-order valence-corrected chi connectivity index (χ4v) is 5.01. The molecule has 2 aromatic carbocycles. The van der Waals surface area contributed by atoms with Crippen LogP contribution in [0.4, 0.5) is 0 Å². The molecule has 3 aromatic rings. The topological polar surface area (TPSA) is 71.8 Å². The largest absolute Gasteiger partial charge is 0.486 e. The van der Waals surface area contributed by atoms with Gasteiger partial charge in [-0.3, -0.25) is 9.59 Å². The van der Waals surface area contributed by atoms with Gasteiger partial charge >= 0.3 is 0 Å². The monoisotopic (exact) mass is 446 g/mol. The van der Waals surface area contributed by atoms with Gasteiger partial charge < -0.3 is 19.4 Å². The maximum atomic E-state index is 13.8. The van der Waals surface area contributed by atoms with Gasteiger partial charge in [0.25, 0.3) is 5.91 Å². The molecule has 1 aliphatic heterocycles. The van der Waals surface area contributed by atoms with Gasteiger partial charge in [0, 0.05) is 12.6 Å². The van der Waals surface area contributed by atoms with E-state index in [2.05, 4.69) is 24.4 Å². The van der Waals surface area contributed by atoms with Crippen LogP contribution < -0.4 is 10.1 Å². The van der Waals surface area contributed by atoms with Gasteiger partial charge in [0.05, 0.1) is 5.39 Å². The summed E-state index contributed by atoms with van der Waals surface area (Å²) < 4.78 is 12.1. The molecule has 0 bridgehead atoms. The van der Waals surface area contributed by atoms with E-state index in [-0.39, 0.29) is 30.2 Å². The second-order valence-corrected chi connectivity index (χ2v) is 9.41. The number of fused-ring (bicyclic) bond motifs is 3. The highest BCUT2D eigenvalue weighted by molar-refractivity contribution is 6.04. The number of para-hydroxylation sites is 1. The second kappa shape index (κ2) is 8.58. The number of ether oxygens (including phenoxy) is 1. The fraction of sp³-hybridized carbons (Fsp3) is 0.407. The Hall–Kier alpha value is -3.28. The molecule has 0 radical (unpaired) electrons. The molecule has 1 unspecified atom stereocenters. The number of rotatable bonds is 5. The second-order valence-electron chi connectivity index (χ2n) is 9.41. The van der Waals surface area contributed by atoms with Crippen molar-refractivity contribution in [1.29, 1.82) is 0 Å². The summed E-state index contributed by atoms with van der Waals surface area (Å²) in [5.41, 5.74) is 1.77. The van der Waals surface area contributed by atoms with Crippen LogP contribution in [0, 0.1) is 6.92 Å². The number of furan rings is 1. The quantitative estimate of drug-likeness (QED) is 0.620. The first-order valence-corrected chi connectivity index (χ1v) is 11.8. The van der Waals surface area contributed by atoms with Gasteiger partial charge in [-0.2, -0.15) is 0 Å². The third kappa shape index (κ3) is 3.88. The van der Waals surface area contributed by atoms with Crippen LogP contribution in [0.5, 0.6) is 5.75 Å². The van der Waals surface area contributed by atoms with Crippen LogP contribution in [-0.4, -0.2) is 41.4 Å². The normalized spacial score (nSPS) is 21.0. The van der Waals surface area contributed by atoms with Crippen molar-refractivity contribution < 1.29 is 18.7 Å². The van der Waals surface area contributed by atoms with Crippen LogP contribution in [0.3, 0.4) is 0 Å². The molecule has 2 amide bonds. The predicted molar refractivity (Wildman–Crippen MR) is 126 cm³/mol. The van der Waals surface area contributed by atoms with Gasteiger partial charge in [-0.05, 0) is 56.4 Å². The van der Waals surface area contributed by atoms with Crippen molar-refractivity contribution in [2.24, 2.45) is 0 Å². The minimum absolute atomic E-state index is 0.0710. The van der Waals surface area contributed by atoms with Crippen LogP contribution in [0.25, 0.3) is 11.0 Å². The molecule has 1 saturated carbocycles. The van der Waals surface area contributed by atoms with E-state index >= 15 is 0 Å². The van der Waals surface area contributed by atoms with Gasteiger partial charge in [0.1, 0.15) is 12.2 Å². The first-order valence-electron chi connectivity index (χ1n) is 11.8. The standard InChI is InChI=1S/C27H30N2O4/c1-18-9-3-4-10-19(18)15-16-29-25(30)24-23(21-13-7-8-14-22(21)33-24)32-17-27(29,2)26(31)28-20-11-5-6-12-20/h3-4,7-10,13-14,20H,5-6,11-12,15-17H2,1-2H3,(H,28,31). The number of nitrogens with zero attached hydrogens (tertiary/aromatic N) is 1. The number of hydrogen-bond donors (Lipinski definition) is 1. The lowest BCUT2D eigenvalue weighted by Crippen LogP contribution is -2.62. The molecule has 5 rings (SSSR count). The number of carbonyl (C=O) groups excluding carboxylic acids is 2. The molecule has 1 N–H and O–H groups in total. The van der Waals surface area contributed by atoms with Crippen molar-refractivity contribution in [3.05, 3.63) is 65.4 Å². The highest BCUT2D eigenvalue weighted by Gasteiger charge is 2.48. The van der Waals surface area contributed by atoms with E-state index in [0.717, 1.165) is 42.2 Å². The smallest absolute Gasteiger partial charge is 0.294 e. The molecular weight excluding hydrogens is 416 g/mol. The van der Waals surface area contributed by atoms with E-state index < -0.39 is 5.54 Å². The highest BCUT2D eigenvalue weighted by Crippen LogP contribution is 2.38. The first-order chi connectivity index (χ1) is 16.0. The van der Waals surface area contributed by atoms with E-state index in [1.165, 1.54) is 0 Å². The van der Waals surface area contributed by atoms with Crippen LogP contribution >= 0.6 is 0 Å². The lowest BCUT2D eigenvalue weighted by Gasteiger charge is -2.38. The van der Waals surface area contributed by atoms with Gasteiger partial charge in [-0.15, -0.1) is 0 Å². The lowest BCUT2D eigenvalue weighted by atomic mass is 9.97. The van der Waals surface area contributed by atoms with Crippen LogP contribution in [0.2, 0.25) is 0 Å². The Morgan fingerprint density at radius 2 is 1.85 bits per heavy atom. The van der Waals surface area contributed by atoms with E-state index in [0.29, 0.717) is 24.3 Å². The van der Waals surface area contributed by atoms with Crippen LogP contribution in [0.15, 0.2) is 52.9 Å². The zero-order valence-corrected chi connectivity index (χ0v) is 19.2. The highest BCUT2D eigenvalue weighted by atomic mass is 16.5. The maximum absolute atomic E-state index is 13.8. The van der Waals surface area contributed by atoms with Crippen molar-refractivity contribution in [3.8, 4) is 5.75 Å². The zero-order valence-electron chi connectivity index (χ0n) is 19.2. The average molecular weight is 447 g/mol. The summed E-state index contributed by atoms with van der Waals surface area (Å²) in [5, 5.41) is 3.94. The number of benzene rings is 2. The molecule has 0 spiro atoms. The van der Waals surface area contributed by atoms with Crippen LogP contribution in [-0.2, 0) is 11.2 Å². The van der Waals surface area contributed by atoms with Crippen molar-refractivity contribution in [1.82, 2.24) is 10.2 Å². The minimum Gasteiger partial charge on any atom is -0.486 e. The summed E-state index contributed by atoms with van der Waals surface area (Å²) in [7, 11) is 0. The molecule has 6 nitrogen and oxygen atoms in total. The maximum Gasteiger partial charge on any atom is 0.294 e. The lowest BCUT2D eigenvalue weighted by molar-refractivity contribution is -0.133. The van der Waals surface area contributed by atoms with Gasteiger partial charge in [-0.1, -0.05) is 49.2 Å². The van der Waals surface area contributed by atoms with Crippen molar-refractivity contribution in [2.45, 2.75) is 57.5 Å². The molecule has 6 heteroatoms. The van der Waals surface area contributed by atoms with Crippen LogP contribution in [0.1, 0.15) is 54.3 Å². The van der Waals surface area contributed by atoms with E-state index in [4.69, 9.17) is 9.15 Å². The Morgan fingerprint density at radius 1 is 1.12 bits per heavy atom. The molecular formula is C27H30N2O4. The Bertz CT molecular complexity index is 1190. The molecule has 2 heterocycles. The molecule has 0 saturated heterocycles. The number of hydrogen-bond acceptors (Lipinski definition) is 4. The van der Waals surface area contributed by atoms with Crippen molar-refractivity contribution in [2.75, 3.05) is 13.2 Å². The summed E-state index contributed by atoms with van der Waals surface area (Å²) in [6.45, 7) is 4.33. The molecule has 2 aliphatic rings. The number of aryl methyl sites for hydroxylation is 1. The summed E-state index contributed by atoms with van der Waals surface area (Å²) in [5.74, 6) is 0.116. The number of amides is 2. The molecule has 1 aromatic heterocycles. The average Bonchev–Trinajstić information content (AvgIpc) is 3.44. The minimum atomic E-state index is -1.15. The van der Waals surface area contributed by atoms with Gasteiger partial charge in [0.2, 0.25) is 11.7 Å². The summed E-state index contributed by atoms with van der Waals surface area (Å²) in [6, 6.07) is 15.7.